The summed E-state index contributed by atoms with van der Waals surface area (Å²) in [6, 6.07) is 7.54. The van der Waals surface area contributed by atoms with Crippen LogP contribution >= 0.6 is 11.8 Å². The zero-order chi connectivity index (χ0) is 15.4. The van der Waals surface area contributed by atoms with E-state index in [4.69, 9.17) is 9.26 Å². The summed E-state index contributed by atoms with van der Waals surface area (Å²) >= 11 is 1.42. The van der Waals surface area contributed by atoms with Crippen molar-refractivity contribution in [3.8, 4) is 11.4 Å². The van der Waals surface area contributed by atoms with Crippen LogP contribution in [0.15, 0.2) is 33.9 Å². The van der Waals surface area contributed by atoms with Gasteiger partial charge in [-0.15, -0.1) is 5.10 Å². The van der Waals surface area contributed by atoms with Gasteiger partial charge in [-0.1, -0.05) is 36.0 Å². The molecule has 2 aromatic heterocycles. The number of methoxy groups -OCH3 is 1. The highest BCUT2D eigenvalue weighted by Crippen LogP contribution is 2.26. The SMILES string of the molecule is CCc1noc(CSc2nnnn2-c2ccccc2OC)n1. The van der Waals surface area contributed by atoms with Crippen molar-refractivity contribution in [3.05, 3.63) is 36.0 Å². The van der Waals surface area contributed by atoms with E-state index in [-0.39, 0.29) is 0 Å². The highest BCUT2D eigenvalue weighted by Gasteiger charge is 2.14. The minimum Gasteiger partial charge on any atom is -0.494 e. The second kappa shape index (κ2) is 6.56. The Morgan fingerprint density at radius 1 is 1.32 bits per heavy atom. The number of aromatic nitrogens is 6. The summed E-state index contributed by atoms with van der Waals surface area (Å²) in [7, 11) is 1.61. The Morgan fingerprint density at radius 2 is 2.18 bits per heavy atom. The lowest BCUT2D eigenvalue weighted by Crippen LogP contribution is -2.01. The fourth-order valence-electron chi connectivity index (χ4n) is 1.84. The number of tetrazole rings is 1. The molecule has 22 heavy (non-hydrogen) atoms. The van der Waals surface area contributed by atoms with Crippen molar-refractivity contribution in [1.82, 2.24) is 30.3 Å². The Balaban J connectivity index is 1.80. The number of thioether (sulfide) groups is 1. The van der Waals surface area contributed by atoms with Crippen molar-refractivity contribution < 1.29 is 9.26 Å². The number of nitrogens with zero attached hydrogens (tertiary/aromatic N) is 6. The molecule has 0 saturated heterocycles. The lowest BCUT2D eigenvalue weighted by molar-refractivity contribution is 0.385. The first-order valence-electron chi connectivity index (χ1n) is 6.68. The average molecular weight is 318 g/mol. The van der Waals surface area contributed by atoms with Crippen LogP contribution in [0, 0.1) is 0 Å². The van der Waals surface area contributed by atoms with Gasteiger partial charge in [-0.2, -0.15) is 9.67 Å². The molecule has 0 fully saturated rings. The van der Waals surface area contributed by atoms with Crippen LogP contribution in [-0.4, -0.2) is 37.5 Å². The number of hydrogen-bond donors (Lipinski definition) is 0. The van der Waals surface area contributed by atoms with Gasteiger partial charge >= 0.3 is 0 Å². The van der Waals surface area contributed by atoms with Crippen molar-refractivity contribution >= 4 is 11.8 Å². The maximum atomic E-state index is 5.34. The minimum absolute atomic E-state index is 0.503. The van der Waals surface area contributed by atoms with E-state index < -0.39 is 0 Å². The van der Waals surface area contributed by atoms with Crippen molar-refractivity contribution in [2.75, 3.05) is 7.11 Å². The molecular weight excluding hydrogens is 304 g/mol. The third kappa shape index (κ3) is 2.93. The molecule has 0 aliphatic heterocycles. The first-order chi connectivity index (χ1) is 10.8. The van der Waals surface area contributed by atoms with E-state index in [1.807, 2.05) is 31.2 Å². The van der Waals surface area contributed by atoms with Gasteiger partial charge in [0.1, 0.15) is 11.4 Å². The molecule has 0 radical (unpaired) electrons. The molecule has 0 bridgehead atoms. The number of ether oxygens (including phenoxy) is 1. The normalized spacial score (nSPS) is 10.8. The minimum atomic E-state index is 0.503. The van der Waals surface area contributed by atoms with Gasteiger partial charge in [-0.25, -0.2) is 0 Å². The Kier molecular flexibility index (Phi) is 4.33. The molecule has 0 aliphatic rings. The Bertz CT molecular complexity index is 756. The van der Waals surface area contributed by atoms with Gasteiger partial charge in [-0.3, -0.25) is 0 Å². The Hall–Kier alpha value is -2.42. The summed E-state index contributed by atoms with van der Waals surface area (Å²) in [4.78, 5) is 4.26. The molecule has 0 spiro atoms. The van der Waals surface area contributed by atoms with Crippen LogP contribution in [0.2, 0.25) is 0 Å². The van der Waals surface area contributed by atoms with E-state index in [1.165, 1.54) is 11.8 Å². The Morgan fingerprint density at radius 3 is 2.95 bits per heavy atom. The largest absolute Gasteiger partial charge is 0.494 e. The average Bonchev–Trinajstić information content (AvgIpc) is 3.21. The number of para-hydroxylation sites is 2. The van der Waals surface area contributed by atoms with Crippen LogP contribution in [0.5, 0.6) is 5.75 Å². The summed E-state index contributed by atoms with van der Waals surface area (Å²) in [5, 5.41) is 16.3. The van der Waals surface area contributed by atoms with Crippen LogP contribution in [0.25, 0.3) is 5.69 Å². The van der Waals surface area contributed by atoms with E-state index in [1.54, 1.807) is 11.8 Å². The van der Waals surface area contributed by atoms with E-state index >= 15 is 0 Å². The van der Waals surface area contributed by atoms with Gasteiger partial charge in [0.05, 0.1) is 12.9 Å². The number of benzene rings is 1. The van der Waals surface area contributed by atoms with Crippen molar-refractivity contribution in [3.63, 3.8) is 0 Å². The maximum Gasteiger partial charge on any atom is 0.237 e. The molecule has 8 nitrogen and oxygen atoms in total. The predicted molar refractivity (Wildman–Crippen MR) is 78.9 cm³/mol. The summed E-state index contributed by atoms with van der Waals surface area (Å²) in [6.45, 7) is 1.98. The zero-order valence-electron chi connectivity index (χ0n) is 12.1. The highest BCUT2D eigenvalue weighted by atomic mass is 32.2. The number of aryl methyl sites for hydroxylation is 1. The molecule has 9 heteroatoms. The van der Waals surface area contributed by atoms with Crippen LogP contribution in [0.1, 0.15) is 18.6 Å². The number of rotatable bonds is 6. The molecule has 2 heterocycles. The standard InChI is InChI=1S/C13H14N6O2S/c1-3-11-14-12(21-16-11)8-22-13-15-17-18-19(13)9-6-4-5-7-10(9)20-2/h4-7H,3,8H2,1-2H3. The smallest absolute Gasteiger partial charge is 0.237 e. The summed E-state index contributed by atoms with van der Waals surface area (Å²) in [5.41, 5.74) is 0.775. The van der Waals surface area contributed by atoms with Gasteiger partial charge in [0.25, 0.3) is 0 Å². The molecule has 3 rings (SSSR count). The van der Waals surface area contributed by atoms with Gasteiger partial charge in [0.2, 0.25) is 11.0 Å². The molecule has 1 aromatic carbocycles. The third-order valence-electron chi connectivity index (χ3n) is 2.91. The van der Waals surface area contributed by atoms with Gasteiger partial charge < -0.3 is 9.26 Å². The van der Waals surface area contributed by atoms with Crippen molar-refractivity contribution in [2.24, 2.45) is 0 Å². The molecule has 0 aliphatic carbocycles. The van der Waals surface area contributed by atoms with Gasteiger partial charge in [-0.05, 0) is 22.6 Å². The fourth-order valence-corrected chi connectivity index (χ4v) is 2.56. The number of hydrogen-bond acceptors (Lipinski definition) is 8. The maximum absolute atomic E-state index is 5.34. The topological polar surface area (TPSA) is 91.8 Å². The lowest BCUT2D eigenvalue weighted by atomic mass is 10.3. The van der Waals surface area contributed by atoms with Gasteiger partial charge in [0, 0.05) is 6.42 Å². The van der Waals surface area contributed by atoms with Crippen LogP contribution in [-0.2, 0) is 12.2 Å². The molecule has 0 amide bonds. The van der Waals surface area contributed by atoms with Gasteiger partial charge in [0.15, 0.2) is 5.82 Å². The first kappa shape index (κ1) is 14.5. The zero-order valence-corrected chi connectivity index (χ0v) is 12.9. The highest BCUT2D eigenvalue weighted by molar-refractivity contribution is 7.98. The summed E-state index contributed by atoms with van der Waals surface area (Å²) in [5.74, 6) is 2.45. The van der Waals surface area contributed by atoms with E-state index in [2.05, 4.69) is 25.7 Å². The van der Waals surface area contributed by atoms with E-state index in [0.29, 0.717) is 28.4 Å². The summed E-state index contributed by atoms with van der Waals surface area (Å²) < 4.78 is 12.1. The molecule has 3 aromatic rings. The van der Waals surface area contributed by atoms with E-state index in [9.17, 15) is 0 Å². The quantitative estimate of drug-likeness (QED) is 0.636. The molecule has 0 saturated carbocycles. The van der Waals surface area contributed by atoms with Crippen LogP contribution < -0.4 is 4.74 Å². The second-order valence-corrected chi connectivity index (χ2v) is 5.23. The van der Waals surface area contributed by atoms with Crippen LogP contribution in [0.3, 0.4) is 0 Å². The fraction of sp³-hybridized carbons (Fsp3) is 0.308. The third-order valence-corrected chi connectivity index (χ3v) is 3.81. The monoisotopic (exact) mass is 318 g/mol. The molecule has 0 unspecified atom stereocenters. The summed E-state index contributed by atoms with van der Waals surface area (Å²) in [6.07, 6.45) is 0.743. The predicted octanol–water partition coefficient (Wildman–Crippen LogP) is 1.91. The van der Waals surface area contributed by atoms with E-state index in [0.717, 1.165) is 12.1 Å². The Labute approximate surface area is 130 Å². The molecule has 114 valence electrons. The molecule has 0 atom stereocenters. The first-order valence-corrected chi connectivity index (χ1v) is 7.66. The lowest BCUT2D eigenvalue weighted by Gasteiger charge is -2.08. The molecular formula is C13H14N6O2S. The molecule has 0 N–H and O–H groups in total. The van der Waals surface area contributed by atoms with Crippen molar-refractivity contribution in [1.29, 1.82) is 0 Å². The van der Waals surface area contributed by atoms with Crippen LogP contribution in [0.4, 0.5) is 0 Å². The van der Waals surface area contributed by atoms with Crippen molar-refractivity contribution in [2.45, 2.75) is 24.3 Å². The second-order valence-electron chi connectivity index (χ2n) is 4.29.